The van der Waals surface area contributed by atoms with Crippen LogP contribution in [0.1, 0.15) is 10.4 Å². The second kappa shape index (κ2) is 5.81. The molecule has 1 aromatic heterocycles. The van der Waals surface area contributed by atoms with Crippen molar-refractivity contribution < 1.29 is 13.9 Å². The standard InChI is InChI=1S/C17H13FN2O2/c1-22-17(21)13-4-2-3-12(9-13)16-10-15(19-20-16)11-5-7-14(18)8-6-11/h2-10H,1H3,(H,19,20). The number of H-pyrrole nitrogens is 1. The molecule has 0 saturated carbocycles. The normalized spacial score (nSPS) is 10.5. The van der Waals surface area contributed by atoms with Gasteiger partial charge in [0.1, 0.15) is 5.82 Å². The molecule has 1 N–H and O–H groups in total. The first kappa shape index (κ1) is 14.0. The maximum absolute atomic E-state index is 13.0. The number of aromatic amines is 1. The average Bonchev–Trinajstić information content (AvgIpc) is 3.05. The molecule has 0 radical (unpaired) electrons. The first-order valence-corrected chi connectivity index (χ1v) is 6.67. The Hall–Kier alpha value is -2.95. The first-order chi connectivity index (χ1) is 10.7. The minimum atomic E-state index is -0.392. The first-order valence-electron chi connectivity index (χ1n) is 6.67. The smallest absolute Gasteiger partial charge is 0.337 e. The highest BCUT2D eigenvalue weighted by Gasteiger charge is 2.10. The van der Waals surface area contributed by atoms with E-state index in [0.717, 1.165) is 16.8 Å². The summed E-state index contributed by atoms with van der Waals surface area (Å²) in [5.74, 6) is -0.676. The molecular formula is C17H13FN2O2. The maximum atomic E-state index is 13.0. The van der Waals surface area contributed by atoms with E-state index < -0.39 is 5.97 Å². The van der Waals surface area contributed by atoms with Gasteiger partial charge in [0.25, 0.3) is 0 Å². The third-order valence-electron chi connectivity index (χ3n) is 3.31. The minimum absolute atomic E-state index is 0.283. The summed E-state index contributed by atoms with van der Waals surface area (Å²) >= 11 is 0. The fourth-order valence-electron chi connectivity index (χ4n) is 2.17. The minimum Gasteiger partial charge on any atom is -0.465 e. The van der Waals surface area contributed by atoms with Crippen LogP contribution in [-0.2, 0) is 4.74 Å². The maximum Gasteiger partial charge on any atom is 0.337 e. The van der Waals surface area contributed by atoms with Crippen molar-refractivity contribution in [1.29, 1.82) is 0 Å². The molecule has 3 aromatic rings. The number of carbonyl (C=O) groups excluding carboxylic acids is 1. The predicted octanol–water partition coefficient (Wildman–Crippen LogP) is 3.67. The molecule has 5 heteroatoms. The van der Waals surface area contributed by atoms with Crippen molar-refractivity contribution in [2.75, 3.05) is 7.11 Å². The van der Waals surface area contributed by atoms with Gasteiger partial charge < -0.3 is 4.74 Å². The number of hydrogen-bond acceptors (Lipinski definition) is 3. The zero-order chi connectivity index (χ0) is 15.5. The molecule has 22 heavy (non-hydrogen) atoms. The van der Waals surface area contributed by atoms with E-state index in [4.69, 9.17) is 4.74 Å². The Morgan fingerprint density at radius 3 is 2.59 bits per heavy atom. The average molecular weight is 296 g/mol. The van der Waals surface area contributed by atoms with Crippen LogP contribution in [0.5, 0.6) is 0 Å². The van der Waals surface area contributed by atoms with E-state index in [2.05, 4.69) is 10.2 Å². The number of nitrogens with one attached hydrogen (secondary N) is 1. The summed E-state index contributed by atoms with van der Waals surface area (Å²) < 4.78 is 17.7. The fourth-order valence-corrected chi connectivity index (χ4v) is 2.17. The Morgan fingerprint density at radius 1 is 1.09 bits per heavy atom. The van der Waals surface area contributed by atoms with Crippen LogP contribution in [-0.4, -0.2) is 23.3 Å². The summed E-state index contributed by atoms with van der Waals surface area (Å²) in [6.07, 6.45) is 0. The number of benzene rings is 2. The highest BCUT2D eigenvalue weighted by atomic mass is 19.1. The summed E-state index contributed by atoms with van der Waals surface area (Å²) in [7, 11) is 1.34. The van der Waals surface area contributed by atoms with Gasteiger partial charge >= 0.3 is 5.97 Å². The van der Waals surface area contributed by atoms with Crippen LogP contribution in [0, 0.1) is 5.82 Å². The summed E-state index contributed by atoms with van der Waals surface area (Å²) in [6.45, 7) is 0. The van der Waals surface area contributed by atoms with E-state index in [1.807, 2.05) is 12.1 Å². The molecule has 0 unspecified atom stereocenters. The zero-order valence-electron chi connectivity index (χ0n) is 11.8. The van der Waals surface area contributed by atoms with Crippen molar-refractivity contribution in [3.63, 3.8) is 0 Å². The highest BCUT2D eigenvalue weighted by Crippen LogP contribution is 2.24. The van der Waals surface area contributed by atoms with E-state index >= 15 is 0 Å². The van der Waals surface area contributed by atoms with E-state index in [-0.39, 0.29) is 5.82 Å². The van der Waals surface area contributed by atoms with Crippen LogP contribution in [0.15, 0.2) is 54.6 Å². The number of methoxy groups -OCH3 is 1. The van der Waals surface area contributed by atoms with Gasteiger partial charge in [0.15, 0.2) is 0 Å². The van der Waals surface area contributed by atoms with E-state index in [1.165, 1.54) is 19.2 Å². The number of ether oxygens (including phenoxy) is 1. The van der Waals surface area contributed by atoms with Crippen LogP contribution >= 0.6 is 0 Å². The Kier molecular flexibility index (Phi) is 3.70. The molecule has 0 fully saturated rings. The summed E-state index contributed by atoms with van der Waals surface area (Å²) in [4.78, 5) is 11.6. The Bertz CT molecular complexity index is 810. The molecule has 3 rings (SSSR count). The Labute approximate surface area is 126 Å². The van der Waals surface area contributed by atoms with Gasteiger partial charge in [-0.3, -0.25) is 5.10 Å². The predicted molar refractivity (Wildman–Crippen MR) is 80.8 cm³/mol. The lowest BCUT2D eigenvalue weighted by atomic mass is 10.1. The SMILES string of the molecule is COC(=O)c1cccc(-c2cc(-c3ccc(F)cc3)[nH]n2)c1. The van der Waals surface area contributed by atoms with Gasteiger partial charge in [0, 0.05) is 5.56 Å². The molecule has 0 saturated heterocycles. The second-order valence-corrected chi connectivity index (χ2v) is 4.75. The summed E-state index contributed by atoms with van der Waals surface area (Å²) in [5.41, 5.74) is 3.58. The van der Waals surface area contributed by atoms with Crippen LogP contribution in [0.3, 0.4) is 0 Å². The molecular weight excluding hydrogens is 283 g/mol. The molecule has 0 bridgehead atoms. The van der Waals surface area contributed by atoms with Crippen molar-refractivity contribution in [3.05, 3.63) is 66.0 Å². The van der Waals surface area contributed by atoms with Crippen LogP contribution in [0.4, 0.5) is 4.39 Å². The molecule has 0 atom stereocenters. The summed E-state index contributed by atoms with van der Waals surface area (Å²) in [5, 5.41) is 7.15. The van der Waals surface area contributed by atoms with Gasteiger partial charge in [-0.15, -0.1) is 0 Å². The zero-order valence-corrected chi connectivity index (χ0v) is 11.8. The summed E-state index contributed by atoms with van der Waals surface area (Å²) in [6, 6.07) is 15.0. The van der Waals surface area contributed by atoms with Crippen LogP contribution in [0.25, 0.3) is 22.5 Å². The number of nitrogens with zero attached hydrogens (tertiary/aromatic N) is 1. The van der Waals surface area contributed by atoms with Crippen molar-refractivity contribution in [2.24, 2.45) is 0 Å². The molecule has 2 aromatic carbocycles. The number of esters is 1. The molecule has 4 nitrogen and oxygen atoms in total. The van der Waals surface area contributed by atoms with Gasteiger partial charge in [-0.1, -0.05) is 12.1 Å². The molecule has 0 aliphatic rings. The molecule has 0 aliphatic carbocycles. The third-order valence-corrected chi connectivity index (χ3v) is 3.31. The van der Waals surface area contributed by atoms with Gasteiger partial charge in [-0.2, -0.15) is 5.10 Å². The van der Waals surface area contributed by atoms with Crippen LogP contribution in [0.2, 0.25) is 0 Å². The number of aromatic nitrogens is 2. The quantitative estimate of drug-likeness (QED) is 0.750. The number of rotatable bonds is 3. The van der Waals surface area contributed by atoms with Crippen molar-refractivity contribution in [3.8, 4) is 22.5 Å². The number of halogens is 1. The monoisotopic (exact) mass is 296 g/mol. The topological polar surface area (TPSA) is 55.0 Å². The second-order valence-electron chi connectivity index (χ2n) is 4.75. The van der Waals surface area contributed by atoms with Gasteiger partial charge in [0.05, 0.1) is 24.1 Å². The Morgan fingerprint density at radius 2 is 1.86 bits per heavy atom. The van der Waals surface area contributed by atoms with Crippen LogP contribution < -0.4 is 0 Å². The third kappa shape index (κ3) is 2.74. The molecule has 0 spiro atoms. The van der Waals surface area contributed by atoms with Gasteiger partial charge in [-0.05, 0) is 48.0 Å². The van der Waals surface area contributed by atoms with Gasteiger partial charge in [0.2, 0.25) is 0 Å². The van der Waals surface area contributed by atoms with Gasteiger partial charge in [-0.25, -0.2) is 9.18 Å². The molecule has 110 valence electrons. The van der Waals surface area contributed by atoms with E-state index in [1.54, 1.807) is 30.3 Å². The van der Waals surface area contributed by atoms with Crippen molar-refractivity contribution in [2.45, 2.75) is 0 Å². The lowest BCUT2D eigenvalue weighted by Crippen LogP contribution is -2.00. The number of hydrogen-bond donors (Lipinski definition) is 1. The molecule has 0 aliphatic heterocycles. The largest absolute Gasteiger partial charge is 0.465 e. The lowest BCUT2D eigenvalue weighted by Gasteiger charge is -2.01. The highest BCUT2D eigenvalue weighted by molar-refractivity contribution is 5.90. The molecule has 0 amide bonds. The van der Waals surface area contributed by atoms with E-state index in [9.17, 15) is 9.18 Å². The van der Waals surface area contributed by atoms with Crippen molar-refractivity contribution >= 4 is 5.97 Å². The Balaban J connectivity index is 1.94. The molecule has 1 heterocycles. The van der Waals surface area contributed by atoms with Crippen molar-refractivity contribution in [1.82, 2.24) is 10.2 Å². The lowest BCUT2D eigenvalue weighted by molar-refractivity contribution is 0.0601. The van der Waals surface area contributed by atoms with E-state index in [0.29, 0.717) is 11.3 Å². The fraction of sp³-hybridized carbons (Fsp3) is 0.0588. The number of carbonyl (C=O) groups is 1.